The lowest BCUT2D eigenvalue weighted by Crippen LogP contribution is -2.55. The summed E-state index contributed by atoms with van der Waals surface area (Å²) in [5.74, 6) is -0.487. The van der Waals surface area contributed by atoms with E-state index in [9.17, 15) is 21.6 Å². The van der Waals surface area contributed by atoms with Crippen molar-refractivity contribution in [2.75, 3.05) is 37.7 Å². The van der Waals surface area contributed by atoms with E-state index >= 15 is 0 Å². The highest BCUT2D eigenvalue weighted by atomic mass is 32.2. The van der Waals surface area contributed by atoms with E-state index in [0.29, 0.717) is 26.2 Å². The smallest absolute Gasteiger partial charge is 0.289 e. The van der Waals surface area contributed by atoms with Gasteiger partial charge in [0.05, 0.1) is 23.0 Å². The minimum Gasteiger partial charge on any atom is -0.459 e. The molecule has 0 N–H and O–H groups in total. The van der Waals surface area contributed by atoms with Crippen LogP contribution in [0.25, 0.3) is 0 Å². The van der Waals surface area contributed by atoms with Crippen molar-refractivity contribution < 1.29 is 26.0 Å². The monoisotopic (exact) mass is 444 g/mol. The second-order valence-electron chi connectivity index (χ2n) is 6.97. The van der Waals surface area contributed by atoms with E-state index in [1.165, 1.54) is 12.3 Å². The summed E-state index contributed by atoms with van der Waals surface area (Å²) in [4.78, 5) is 15.9. The van der Waals surface area contributed by atoms with Gasteiger partial charge in [-0.05, 0) is 23.6 Å². The largest absolute Gasteiger partial charge is 0.459 e. The zero-order chi connectivity index (χ0) is 19.9. The van der Waals surface area contributed by atoms with E-state index in [-0.39, 0.29) is 27.4 Å². The SMILES string of the molecule is O=C(c1ccco1)N1CCN([C@@H]2CS(=O)(=O)C[C@H]2S(=O)(=O)c2cccs2)CC1. The topological polar surface area (TPSA) is 105 Å². The van der Waals surface area contributed by atoms with Crippen molar-refractivity contribution in [2.24, 2.45) is 0 Å². The molecular formula is C17H20N2O6S3. The standard InChI is InChI=1S/C17H20N2O6S3/c20-17(14-3-1-9-25-14)19-7-5-18(6-8-19)13-11-27(21,22)12-15(13)28(23,24)16-4-2-10-26-16/h1-4,9-10,13,15H,5-8,11-12H2/t13-,15-/m1/s1. The van der Waals surface area contributed by atoms with Crippen LogP contribution in [0.2, 0.25) is 0 Å². The second kappa shape index (κ2) is 7.29. The van der Waals surface area contributed by atoms with Crippen molar-refractivity contribution in [3.63, 3.8) is 0 Å². The van der Waals surface area contributed by atoms with Crippen molar-refractivity contribution in [1.82, 2.24) is 9.80 Å². The Balaban J connectivity index is 1.51. The number of hydrogen-bond donors (Lipinski definition) is 0. The fourth-order valence-electron chi connectivity index (χ4n) is 3.82. The molecule has 2 atom stereocenters. The molecule has 2 fully saturated rings. The van der Waals surface area contributed by atoms with Crippen LogP contribution < -0.4 is 0 Å². The number of furan rings is 1. The van der Waals surface area contributed by atoms with Crippen LogP contribution in [0.15, 0.2) is 44.5 Å². The first-order valence-electron chi connectivity index (χ1n) is 8.82. The average molecular weight is 445 g/mol. The number of rotatable bonds is 4. The first kappa shape index (κ1) is 19.6. The van der Waals surface area contributed by atoms with Crippen molar-refractivity contribution in [2.45, 2.75) is 15.5 Å². The third kappa shape index (κ3) is 3.63. The molecule has 2 saturated heterocycles. The fourth-order valence-corrected chi connectivity index (χ4v) is 9.87. The van der Waals surface area contributed by atoms with Crippen molar-refractivity contribution in [3.05, 3.63) is 41.7 Å². The molecule has 8 nitrogen and oxygen atoms in total. The van der Waals surface area contributed by atoms with Crippen molar-refractivity contribution in [3.8, 4) is 0 Å². The summed E-state index contributed by atoms with van der Waals surface area (Å²) in [7, 11) is -7.17. The highest BCUT2D eigenvalue weighted by Gasteiger charge is 2.49. The molecule has 4 heterocycles. The molecule has 0 aliphatic carbocycles. The Hall–Kier alpha value is -1.69. The molecule has 4 rings (SSSR count). The van der Waals surface area contributed by atoms with Crippen LogP contribution in [0.3, 0.4) is 0 Å². The summed E-state index contributed by atoms with van der Waals surface area (Å²) in [5.41, 5.74) is 0. The minimum atomic E-state index is -3.73. The molecule has 2 aromatic rings. The van der Waals surface area contributed by atoms with Crippen molar-refractivity contribution in [1.29, 1.82) is 0 Å². The molecule has 0 saturated carbocycles. The third-order valence-electron chi connectivity index (χ3n) is 5.25. The Morgan fingerprint density at radius 2 is 1.86 bits per heavy atom. The molecule has 2 aromatic heterocycles. The quantitative estimate of drug-likeness (QED) is 0.685. The maximum Gasteiger partial charge on any atom is 0.289 e. The van der Waals surface area contributed by atoms with Gasteiger partial charge in [-0.2, -0.15) is 0 Å². The molecule has 0 bridgehead atoms. The van der Waals surface area contributed by atoms with Crippen LogP contribution in [-0.2, 0) is 19.7 Å². The van der Waals surface area contributed by atoms with Gasteiger partial charge >= 0.3 is 0 Å². The number of piperazine rings is 1. The number of hydrogen-bond acceptors (Lipinski definition) is 8. The minimum absolute atomic E-state index is 0.172. The summed E-state index contributed by atoms with van der Waals surface area (Å²) in [6, 6.07) is 5.81. The molecule has 11 heteroatoms. The lowest BCUT2D eigenvalue weighted by molar-refractivity contribution is 0.0560. The summed E-state index contributed by atoms with van der Waals surface area (Å²) in [6.07, 6.45) is 1.44. The normalized spacial score (nSPS) is 25.8. The number of amides is 1. The molecule has 0 aromatic carbocycles. The van der Waals surface area contributed by atoms with Crippen LogP contribution in [0.5, 0.6) is 0 Å². The van der Waals surface area contributed by atoms with E-state index in [4.69, 9.17) is 4.42 Å². The number of carbonyl (C=O) groups is 1. The highest BCUT2D eigenvalue weighted by Crippen LogP contribution is 2.31. The molecule has 0 radical (unpaired) electrons. The van der Waals surface area contributed by atoms with Gasteiger partial charge in [-0.25, -0.2) is 16.8 Å². The van der Waals surface area contributed by atoms with Crippen molar-refractivity contribution >= 4 is 36.9 Å². The van der Waals surface area contributed by atoms with Gasteiger partial charge in [-0.3, -0.25) is 9.69 Å². The summed E-state index contributed by atoms with van der Waals surface area (Å²) < 4.78 is 55.9. The zero-order valence-electron chi connectivity index (χ0n) is 14.9. The Kier molecular flexibility index (Phi) is 5.10. The van der Waals surface area contributed by atoms with Gasteiger partial charge in [-0.1, -0.05) is 6.07 Å². The lowest BCUT2D eigenvalue weighted by Gasteiger charge is -2.38. The number of carbonyl (C=O) groups excluding carboxylic acids is 1. The second-order valence-corrected chi connectivity index (χ2v) is 12.5. The predicted octanol–water partition coefficient (Wildman–Crippen LogP) is 0.738. The highest BCUT2D eigenvalue weighted by molar-refractivity contribution is 7.97. The Morgan fingerprint density at radius 1 is 1.11 bits per heavy atom. The van der Waals surface area contributed by atoms with Gasteiger partial charge in [0.2, 0.25) is 0 Å². The van der Waals surface area contributed by atoms with E-state index < -0.39 is 31.0 Å². The van der Waals surface area contributed by atoms with Gasteiger partial charge in [-0.15, -0.1) is 11.3 Å². The maximum atomic E-state index is 13.0. The van der Waals surface area contributed by atoms with E-state index in [1.807, 2.05) is 4.90 Å². The van der Waals surface area contributed by atoms with Crippen LogP contribution in [-0.4, -0.2) is 81.5 Å². The molecule has 1 amide bonds. The summed E-state index contributed by atoms with van der Waals surface area (Å²) in [6.45, 7) is 1.62. The molecular weight excluding hydrogens is 424 g/mol. The Bertz CT molecular complexity index is 1040. The summed E-state index contributed by atoms with van der Waals surface area (Å²) in [5, 5.41) is 0.688. The van der Waals surface area contributed by atoms with E-state index in [1.54, 1.807) is 28.5 Å². The number of thiophene rings is 1. The van der Waals surface area contributed by atoms with Gasteiger partial charge < -0.3 is 9.32 Å². The van der Waals surface area contributed by atoms with Crippen LogP contribution in [0, 0.1) is 0 Å². The number of nitrogens with zero attached hydrogens (tertiary/aromatic N) is 2. The third-order valence-corrected chi connectivity index (χ3v) is 10.8. The number of sulfone groups is 2. The Labute approximate surface area is 167 Å². The van der Waals surface area contributed by atoms with Gasteiger partial charge in [0.15, 0.2) is 25.4 Å². The molecule has 2 aliphatic heterocycles. The molecule has 0 spiro atoms. The first-order valence-corrected chi connectivity index (χ1v) is 13.1. The van der Waals surface area contributed by atoms with Gasteiger partial charge in [0.25, 0.3) is 5.91 Å². The fraction of sp³-hybridized carbons (Fsp3) is 0.471. The van der Waals surface area contributed by atoms with Crippen LogP contribution >= 0.6 is 11.3 Å². The molecule has 2 aliphatic rings. The van der Waals surface area contributed by atoms with E-state index in [2.05, 4.69) is 0 Å². The van der Waals surface area contributed by atoms with Gasteiger partial charge in [0, 0.05) is 32.2 Å². The van der Waals surface area contributed by atoms with Crippen LogP contribution in [0.1, 0.15) is 10.6 Å². The zero-order valence-corrected chi connectivity index (χ0v) is 17.4. The summed E-state index contributed by atoms with van der Waals surface area (Å²) >= 11 is 1.10. The predicted molar refractivity (Wildman–Crippen MR) is 104 cm³/mol. The van der Waals surface area contributed by atoms with E-state index in [0.717, 1.165) is 11.3 Å². The van der Waals surface area contributed by atoms with Gasteiger partial charge in [0.1, 0.15) is 4.21 Å². The lowest BCUT2D eigenvalue weighted by atomic mass is 10.2. The Morgan fingerprint density at radius 3 is 2.46 bits per heavy atom. The van der Waals surface area contributed by atoms with Crippen LogP contribution in [0.4, 0.5) is 0 Å². The molecule has 28 heavy (non-hydrogen) atoms. The molecule has 0 unspecified atom stereocenters. The maximum absolute atomic E-state index is 13.0. The first-order chi connectivity index (χ1) is 13.3. The average Bonchev–Trinajstić information content (AvgIpc) is 3.42. The molecule has 152 valence electrons.